The molecule has 5 heteroatoms. The minimum Gasteiger partial charge on any atom is -0.376 e. The molecule has 0 amide bonds. The third-order valence-corrected chi connectivity index (χ3v) is 3.77. The fourth-order valence-electron chi connectivity index (χ4n) is 2.34. The minimum absolute atomic E-state index is 0.0588. The van der Waals surface area contributed by atoms with Crippen LogP contribution in [0.2, 0.25) is 0 Å². The summed E-state index contributed by atoms with van der Waals surface area (Å²) in [4.78, 5) is 16.5. The van der Waals surface area contributed by atoms with Crippen molar-refractivity contribution >= 4 is 5.82 Å². The van der Waals surface area contributed by atoms with Crippen LogP contribution in [0.4, 0.5) is 5.82 Å². The standard InChI is InChI=1S/C14H23N3O2/c1-10(2)9-17-7-6-15-12(13(17)18)16-14(4)5-8-19-11(14)3/h6-7,10-11H,5,8-9H2,1-4H3,(H,15,16). The van der Waals surface area contributed by atoms with Gasteiger partial charge in [-0.3, -0.25) is 4.79 Å². The predicted octanol–water partition coefficient (Wildman–Crippen LogP) is 1.88. The lowest BCUT2D eigenvalue weighted by atomic mass is 9.95. The summed E-state index contributed by atoms with van der Waals surface area (Å²) in [6.45, 7) is 9.71. The van der Waals surface area contributed by atoms with E-state index in [0.29, 0.717) is 18.3 Å². The largest absolute Gasteiger partial charge is 0.376 e. The van der Waals surface area contributed by atoms with Gasteiger partial charge in [-0.05, 0) is 26.2 Å². The van der Waals surface area contributed by atoms with Gasteiger partial charge in [0, 0.05) is 25.5 Å². The number of nitrogens with one attached hydrogen (secondary N) is 1. The van der Waals surface area contributed by atoms with E-state index in [0.717, 1.165) is 13.0 Å². The molecule has 2 rings (SSSR count). The normalized spacial score (nSPS) is 26.9. The van der Waals surface area contributed by atoms with Crippen molar-refractivity contribution in [3.05, 3.63) is 22.7 Å². The van der Waals surface area contributed by atoms with Gasteiger partial charge in [-0.15, -0.1) is 0 Å². The second-order valence-corrected chi connectivity index (χ2v) is 5.93. The van der Waals surface area contributed by atoms with Crippen molar-refractivity contribution in [2.45, 2.75) is 52.3 Å². The van der Waals surface area contributed by atoms with Gasteiger partial charge in [0.1, 0.15) is 0 Å². The topological polar surface area (TPSA) is 56.1 Å². The Labute approximate surface area is 114 Å². The molecule has 2 atom stereocenters. The summed E-state index contributed by atoms with van der Waals surface area (Å²) >= 11 is 0. The predicted molar refractivity (Wildman–Crippen MR) is 75.4 cm³/mol. The summed E-state index contributed by atoms with van der Waals surface area (Å²) in [6.07, 6.45) is 4.38. The Morgan fingerprint density at radius 1 is 1.63 bits per heavy atom. The van der Waals surface area contributed by atoms with E-state index >= 15 is 0 Å². The van der Waals surface area contributed by atoms with Crippen molar-refractivity contribution in [1.82, 2.24) is 9.55 Å². The van der Waals surface area contributed by atoms with Crippen LogP contribution in [-0.2, 0) is 11.3 Å². The van der Waals surface area contributed by atoms with Crippen molar-refractivity contribution in [3.8, 4) is 0 Å². The maximum atomic E-state index is 12.3. The Balaban J connectivity index is 2.24. The third kappa shape index (κ3) is 2.97. The highest BCUT2D eigenvalue weighted by Gasteiger charge is 2.37. The first-order chi connectivity index (χ1) is 8.92. The molecule has 0 aromatic carbocycles. The molecule has 2 heterocycles. The molecule has 0 spiro atoms. The van der Waals surface area contributed by atoms with Crippen LogP contribution in [0.15, 0.2) is 17.2 Å². The van der Waals surface area contributed by atoms with E-state index in [2.05, 4.69) is 31.1 Å². The fourth-order valence-corrected chi connectivity index (χ4v) is 2.34. The Morgan fingerprint density at radius 3 is 2.95 bits per heavy atom. The molecule has 1 saturated heterocycles. The monoisotopic (exact) mass is 265 g/mol. The van der Waals surface area contributed by atoms with Gasteiger partial charge in [0.2, 0.25) is 0 Å². The van der Waals surface area contributed by atoms with E-state index in [1.165, 1.54) is 0 Å². The lowest BCUT2D eigenvalue weighted by Gasteiger charge is -2.29. The van der Waals surface area contributed by atoms with E-state index in [4.69, 9.17) is 4.74 Å². The van der Waals surface area contributed by atoms with E-state index in [1.54, 1.807) is 17.0 Å². The highest BCUT2D eigenvalue weighted by molar-refractivity contribution is 5.36. The number of hydrogen-bond acceptors (Lipinski definition) is 4. The lowest BCUT2D eigenvalue weighted by Crippen LogP contribution is -2.43. The van der Waals surface area contributed by atoms with Crippen molar-refractivity contribution in [1.29, 1.82) is 0 Å². The number of anilines is 1. The van der Waals surface area contributed by atoms with Gasteiger partial charge in [-0.1, -0.05) is 13.8 Å². The zero-order chi connectivity index (χ0) is 14.0. The highest BCUT2D eigenvalue weighted by atomic mass is 16.5. The summed E-state index contributed by atoms with van der Waals surface area (Å²) < 4.78 is 7.29. The average molecular weight is 265 g/mol. The number of rotatable bonds is 4. The molecule has 1 fully saturated rings. The van der Waals surface area contributed by atoms with Crippen molar-refractivity contribution in [2.75, 3.05) is 11.9 Å². The van der Waals surface area contributed by atoms with E-state index < -0.39 is 0 Å². The van der Waals surface area contributed by atoms with Crippen molar-refractivity contribution in [2.24, 2.45) is 5.92 Å². The summed E-state index contributed by atoms with van der Waals surface area (Å²) in [5.41, 5.74) is -0.278. The molecule has 106 valence electrons. The maximum Gasteiger partial charge on any atom is 0.293 e. The van der Waals surface area contributed by atoms with Gasteiger partial charge < -0.3 is 14.6 Å². The van der Waals surface area contributed by atoms with E-state index in [9.17, 15) is 4.79 Å². The first-order valence-corrected chi connectivity index (χ1v) is 6.87. The molecular weight excluding hydrogens is 242 g/mol. The van der Waals surface area contributed by atoms with Gasteiger partial charge in [0.25, 0.3) is 5.56 Å². The molecule has 1 aromatic rings. The summed E-state index contributed by atoms with van der Waals surface area (Å²) in [7, 11) is 0. The molecule has 5 nitrogen and oxygen atoms in total. The molecule has 2 unspecified atom stereocenters. The van der Waals surface area contributed by atoms with Gasteiger partial charge >= 0.3 is 0 Å². The van der Waals surface area contributed by atoms with Crippen molar-refractivity contribution < 1.29 is 4.74 Å². The Kier molecular flexibility index (Phi) is 3.94. The molecule has 19 heavy (non-hydrogen) atoms. The first kappa shape index (κ1) is 14.1. The number of nitrogens with zero attached hydrogens (tertiary/aromatic N) is 2. The second-order valence-electron chi connectivity index (χ2n) is 5.93. The highest BCUT2D eigenvalue weighted by Crippen LogP contribution is 2.27. The molecule has 1 aliphatic heterocycles. The Hall–Kier alpha value is -1.36. The summed E-state index contributed by atoms with van der Waals surface area (Å²) in [5.74, 6) is 0.847. The van der Waals surface area contributed by atoms with Crippen LogP contribution >= 0.6 is 0 Å². The average Bonchev–Trinajstić information content (AvgIpc) is 2.64. The van der Waals surface area contributed by atoms with Crippen LogP contribution in [0, 0.1) is 5.92 Å². The second kappa shape index (κ2) is 5.33. The van der Waals surface area contributed by atoms with E-state index in [-0.39, 0.29) is 17.2 Å². The number of hydrogen-bond donors (Lipinski definition) is 1. The van der Waals surface area contributed by atoms with Gasteiger partial charge in [0.05, 0.1) is 11.6 Å². The van der Waals surface area contributed by atoms with Gasteiger partial charge in [0.15, 0.2) is 5.82 Å². The van der Waals surface area contributed by atoms with Crippen LogP contribution in [0.1, 0.15) is 34.1 Å². The summed E-state index contributed by atoms with van der Waals surface area (Å²) in [6, 6.07) is 0. The maximum absolute atomic E-state index is 12.3. The lowest BCUT2D eigenvalue weighted by molar-refractivity contribution is 0.105. The number of ether oxygens (including phenoxy) is 1. The van der Waals surface area contributed by atoms with E-state index in [1.807, 2.05) is 6.92 Å². The first-order valence-electron chi connectivity index (χ1n) is 6.87. The molecule has 1 aliphatic rings. The van der Waals surface area contributed by atoms with Crippen LogP contribution in [-0.4, -0.2) is 27.8 Å². The summed E-state index contributed by atoms with van der Waals surface area (Å²) in [5, 5.41) is 3.28. The molecule has 0 radical (unpaired) electrons. The molecule has 1 aromatic heterocycles. The number of aromatic nitrogens is 2. The smallest absolute Gasteiger partial charge is 0.293 e. The Morgan fingerprint density at radius 2 is 2.37 bits per heavy atom. The molecular formula is C14H23N3O2. The molecule has 1 N–H and O–H groups in total. The van der Waals surface area contributed by atoms with Crippen LogP contribution in [0.5, 0.6) is 0 Å². The molecule has 0 saturated carbocycles. The fraction of sp³-hybridized carbons (Fsp3) is 0.714. The zero-order valence-corrected chi connectivity index (χ0v) is 12.1. The van der Waals surface area contributed by atoms with Crippen LogP contribution in [0.3, 0.4) is 0 Å². The quantitative estimate of drug-likeness (QED) is 0.903. The SMILES string of the molecule is CC(C)Cn1ccnc(NC2(C)CCOC2C)c1=O. The molecule has 0 bridgehead atoms. The zero-order valence-electron chi connectivity index (χ0n) is 12.1. The Bertz CT molecular complexity index is 498. The van der Waals surface area contributed by atoms with Crippen LogP contribution in [0.25, 0.3) is 0 Å². The van der Waals surface area contributed by atoms with Gasteiger partial charge in [-0.25, -0.2) is 4.98 Å². The third-order valence-electron chi connectivity index (χ3n) is 3.77. The van der Waals surface area contributed by atoms with Gasteiger partial charge in [-0.2, -0.15) is 0 Å². The van der Waals surface area contributed by atoms with Crippen molar-refractivity contribution in [3.63, 3.8) is 0 Å². The molecule has 0 aliphatic carbocycles. The minimum atomic E-state index is -0.219. The van der Waals surface area contributed by atoms with Crippen LogP contribution < -0.4 is 10.9 Å².